The Morgan fingerprint density at radius 2 is 1.67 bits per heavy atom. The molecule has 0 spiro atoms. The van der Waals surface area contributed by atoms with Gasteiger partial charge >= 0.3 is 0 Å². The van der Waals surface area contributed by atoms with Crippen LogP contribution in [0.3, 0.4) is 0 Å². The summed E-state index contributed by atoms with van der Waals surface area (Å²) >= 11 is 6.10. The van der Waals surface area contributed by atoms with Crippen LogP contribution in [0.4, 0.5) is 0 Å². The van der Waals surface area contributed by atoms with Crippen LogP contribution >= 0.6 is 11.6 Å². The SMILES string of the molecule is C=NS(=O)(=O)c1cccc(Cl)c1-c1ccccc1. The average molecular weight is 280 g/mol. The maximum Gasteiger partial charge on any atom is 0.282 e. The number of rotatable bonds is 3. The quantitative estimate of drug-likeness (QED) is 0.809. The normalized spacial score (nSPS) is 11.2. The van der Waals surface area contributed by atoms with E-state index in [1.165, 1.54) is 6.07 Å². The first-order valence-electron chi connectivity index (χ1n) is 5.13. The molecule has 18 heavy (non-hydrogen) atoms. The zero-order valence-electron chi connectivity index (χ0n) is 9.38. The second-order valence-electron chi connectivity index (χ2n) is 3.58. The van der Waals surface area contributed by atoms with Crippen molar-refractivity contribution in [1.29, 1.82) is 0 Å². The van der Waals surface area contributed by atoms with Gasteiger partial charge < -0.3 is 0 Å². The van der Waals surface area contributed by atoms with E-state index in [9.17, 15) is 8.42 Å². The summed E-state index contributed by atoms with van der Waals surface area (Å²) in [5.41, 5.74) is 1.18. The van der Waals surface area contributed by atoms with E-state index in [0.717, 1.165) is 5.56 Å². The van der Waals surface area contributed by atoms with Crippen molar-refractivity contribution in [1.82, 2.24) is 0 Å². The third-order valence-corrected chi connectivity index (χ3v) is 4.04. The van der Waals surface area contributed by atoms with Crippen LogP contribution in [0, 0.1) is 0 Å². The Kier molecular flexibility index (Phi) is 3.50. The lowest BCUT2D eigenvalue weighted by Gasteiger charge is -2.09. The minimum absolute atomic E-state index is 0.0659. The van der Waals surface area contributed by atoms with Gasteiger partial charge in [0.2, 0.25) is 0 Å². The monoisotopic (exact) mass is 279 g/mol. The predicted octanol–water partition coefficient (Wildman–Crippen LogP) is 3.40. The molecule has 0 radical (unpaired) electrons. The minimum atomic E-state index is -3.77. The molecule has 0 N–H and O–H groups in total. The summed E-state index contributed by atoms with van der Waals surface area (Å²) < 4.78 is 26.9. The number of hydrogen-bond acceptors (Lipinski definition) is 2. The first kappa shape index (κ1) is 12.8. The standard InChI is InChI=1S/C13H10ClNO2S/c1-15-18(16,17)12-9-5-8-11(14)13(12)10-6-3-2-4-7-10/h2-9H,1H2. The van der Waals surface area contributed by atoms with E-state index in [0.29, 0.717) is 10.6 Å². The van der Waals surface area contributed by atoms with Gasteiger partial charge in [-0.1, -0.05) is 48.0 Å². The van der Waals surface area contributed by atoms with Crippen molar-refractivity contribution in [3.8, 4) is 11.1 Å². The molecular weight excluding hydrogens is 270 g/mol. The highest BCUT2D eigenvalue weighted by Gasteiger charge is 2.19. The van der Waals surface area contributed by atoms with E-state index in [2.05, 4.69) is 11.1 Å². The third kappa shape index (κ3) is 2.30. The van der Waals surface area contributed by atoms with Crippen molar-refractivity contribution in [2.24, 2.45) is 4.40 Å². The molecule has 2 aromatic carbocycles. The van der Waals surface area contributed by atoms with Crippen LogP contribution in [0.15, 0.2) is 57.8 Å². The Balaban J connectivity index is 2.79. The maximum atomic E-state index is 11.9. The molecular formula is C13H10ClNO2S. The van der Waals surface area contributed by atoms with Gasteiger partial charge in [0.1, 0.15) is 0 Å². The second-order valence-corrected chi connectivity index (χ2v) is 5.64. The maximum absolute atomic E-state index is 11.9. The van der Waals surface area contributed by atoms with E-state index in [4.69, 9.17) is 11.6 Å². The number of nitrogens with zero attached hydrogens (tertiary/aromatic N) is 1. The molecule has 0 aliphatic carbocycles. The molecule has 5 heteroatoms. The van der Waals surface area contributed by atoms with Gasteiger partial charge in [-0.2, -0.15) is 12.8 Å². The first-order valence-corrected chi connectivity index (χ1v) is 6.95. The fourth-order valence-electron chi connectivity index (χ4n) is 1.67. The zero-order chi connectivity index (χ0) is 13.2. The molecule has 2 aromatic rings. The summed E-state index contributed by atoms with van der Waals surface area (Å²) in [7, 11) is -3.77. The molecule has 92 valence electrons. The van der Waals surface area contributed by atoms with Gasteiger partial charge in [-0.25, -0.2) is 0 Å². The van der Waals surface area contributed by atoms with Crippen molar-refractivity contribution >= 4 is 28.3 Å². The first-order chi connectivity index (χ1) is 8.56. The number of sulfonamides is 1. The second kappa shape index (κ2) is 4.92. The van der Waals surface area contributed by atoms with E-state index in [1.807, 2.05) is 18.2 Å². The largest absolute Gasteiger partial charge is 0.282 e. The van der Waals surface area contributed by atoms with Gasteiger partial charge in [0.05, 0.1) is 4.90 Å². The number of hydrogen-bond donors (Lipinski definition) is 0. The van der Waals surface area contributed by atoms with E-state index in [1.54, 1.807) is 24.3 Å². The molecule has 3 nitrogen and oxygen atoms in total. The van der Waals surface area contributed by atoms with E-state index < -0.39 is 10.0 Å². The van der Waals surface area contributed by atoms with Crippen LogP contribution in [-0.4, -0.2) is 15.1 Å². The summed E-state index contributed by atoms with van der Waals surface area (Å²) in [4.78, 5) is 0.0659. The molecule has 0 saturated heterocycles. The van der Waals surface area contributed by atoms with Gasteiger partial charge in [-0.3, -0.25) is 0 Å². The molecule has 0 bridgehead atoms. The fourth-order valence-corrected chi connectivity index (χ4v) is 2.89. The van der Waals surface area contributed by atoms with E-state index in [-0.39, 0.29) is 4.90 Å². The van der Waals surface area contributed by atoms with Crippen LogP contribution in [0.5, 0.6) is 0 Å². The van der Waals surface area contributed by atoms with Gasteiger partial charge in [0.25, 0.3) is 10.0 Å². The van der Waals surface area contributed by atoms with Gasteiger partial charge in [0, 0.05) is 17.3 Å². The van der Waals surface area contributed by atoms with Crippen molar-refractivity contribution in [2.45, 2.75) is 4.90 Å². The van der Waals surface area contributed by atoms with Crippen molar-refractivity contribution < 1.29 is 8.42 Å². The van der Waals surface area contributed by atoms with Gasteiger partial charge in [-0.15, -0.1) is 0 Å². The molecule has 0 unspecified atom stereocenters. The van der Waals surface area contributed by atoms with Gasteiger partial charge in [0.15, 0.2) is 0 Å². The average Bonchev–Trinajstić information content (AvgIpc) is 2.39. The Bertz CT molecular complexity index is 681. The van der Waals surface area contributed by atoms with Crippen molar-refractivity contribution in [3.05, 3.63) is 53.6 Å². The van der Waals surface area contributed by atoms with Crippen LogP contribution in [0.25, 0.3) is 11.1 Å². The molecule has 0 heterocycles. The lowest BCUT2D eigenvalue weighted by atomic mass is 10.1. The highest BCUT2D eigenvalue weighted by Crippen LogP contribution is 2.34. The summed E-state index contributed by atoms with van der Waals surface area (Å²) in [5.74, 6) is 0. The zero-order valence-corrected chi connectivity index (χ0v) is 10.9. The van der Waals surface area contributed by atoms with Gasteiger partial charge in [-0.05, 0) is 17.7 Å². The Hall–Kier alpha value is -1.65. The Morgan fingerprint density at radius 3 is 2.28 bits per heavy atom. The Labute approximate surface area is 111 Å². The third-order valence-electron chi connectivity index (χ3n) is 2.49. The molecule has 2 rings (SSSR count). The highest BCUT2D eigenvalue weighted by atomic mass is 35.5. The van der Waals surface area contributed by atoms with Crippen LogP contribution in [0.2, 0.25) is 5.02 Å². The number of halogens is 1. The minimum Gasteiger partial charge on any atom is -0.199 e. The summed E-state index contributed by atoms with van der Waals surface area (Å²) in [5, 5.41) is 0.367. The topological polar surface area (TPSA) is 46.5 Å². The number of benzene rings is 2. The predicted molar refractivity (Wildman–Crippen MR) is 73.6 cm³/mol. The molecule has 0 amide bonds. The molecule has 0 atom stereocenters. The molecule has 0 aliphatic heterocycles. The summed E-state index contributed by atoms with van der Waals surface area (Å²) in [6.07, 6.45) is 0. The van der Waals surface area contributed by atoms with Crippen LogP contribution in [-0.2, 0) is 10.0 Å². The molecule has 0 saturated carbocycles. The smallest absolute Gasteiger partial charge is 0.199 e. The van der Waals surface area contributed by atoms with Crippen molar-refractivity contribution in [3.63, 3.8) is 0 Å². The molecule has 0 aromatic heterocycles. The Morgan fingerprint density at radius 1 is 1.00 bits per heavy atom. The van der Waals surface area contributed by atoms with Crippen LogP contribution < -0.4 is 0 Å². The van der Waals surface area contributed by atoms with E-state index >= 15 is 0 Å². The fraction of sp³-hybridized carbons (Fsp3) is 0. The molecule has 0 aliphatic rings. The van der Waals surface area contributed by atoms with Crippen LogP contribution in [0.1, 0.15) is 0 Å². The lowest BCUT2D eigenvalue weighted by molar-refractivity contribution is 0.598. The lowest BCUT2D eigenvalue weighted by Crippen LogP contribution is -1.99. The molecule has 0 fully saturated rings. The highest BCUT2D eigenvalue weighted by molar-refractivity contribution is 7.90. The van der Waals surface area contributed by atoms with Crippen molar-refractivity contribution in [2.75, 3.05) is 0 Å². The summed E-state index contributed by atoms with van der Waals surface area (Å²) in [6.45, 7) is 3.09. The summed E-state index contributed by atoms with van der Waals surface area (Å²) in [6, 6.07) is 13.8.